The number of hydrogen-bond acceptors (Lipinski definition) is 3. The molecular weight excluding hydrogens is 240 g/mol. The van der Waals surface area contributed by atoms with Crippen LogP contribution in [0.5, 0.6) is 11.5 Å². The fourth-order valence-corrected chi connectivity index (χ4v) is 1.64. The van der Waals surface area contributed by atoms with Crippen molar-refractivity contribution >= 4 is 5.78 Å². The molecule has 3 nitrogen and oxygen atoms in total. The smallest absolute Gasteiger partial charge is 0.200 e. The fraction of sp³-hybridized carbons (Fsp3) is 0.188. The summed E-state index contributed by atoms with van der Waals surface area (Å²) < 4.78 is 10.5. The minimum absolute atomic E-state index is 0.0316. The SMILES string of the molecule is COc1ccc(OCC(=O)c2ccc(C)cc2)cc1. The van der Waals surface area contributed by atoms with Crippen LogP contribution >= 0.6 is 0 Å². The average molecular weight is 256 g/mol. The van der Waals surface area contributed by atoms with Gasteiger partial charge in [0.25, 0.3) is 0 Å². The van der Waals surface area contributed by atoms with Gasteiger partial charge in [-0.15, -0.1) is 0 Å². The molecule has 0 aliphatic heterocycles. The molecule has 0 atom stereocenters. The van der Waals surface area contributed by atoms with Crippen molar-refractivity contribution in [3.8, 4) is 11.5 Å². The van der Waals surface area contributed by atoms with Gasteiger partial charge in [0.15, 0.2) is 12.4 Å². The highest BCUT2D eigenvalue weighted by Gasteiger charge is 2.06. The Morgan fingerprint density at radius 3 is 2.11 bits per heavy atom. The molecule has 0 unspecified atom stereocenters. The molecule has 0 saturated heterocycles. The number of methoxy groups -OCH3 is 1. The van der Waals surface area contributed by atoms with Crippen molar-refractivity contribution in [3.05, 3.63) is 59.7 Å². The molecule has 0 radical (unpaired) electrons. The van der Waals surface area contributed by atoms with Gasteiger partial charge in [-0.2, -0.15) is 0 Å². The number of carbonyl (C=O) groups excluding carboxylic acids is 1. The van der Waals surface area contributed by atoms with Crippen LogP contribution in [0.25, 0.3) is 0 Å². The number of ketones is 1. The van der Waals surface area contributed by atoms with E-state index in [1.54, 1.807) is 31.4 Å². The maximum Gasteiger partial charge on any atom is 0.200 e. The van der Waals surface area contributed by atoms with Gasteiger partial charge in [0.1, 0.15) is 11.5 Å². The zero-order valence-electron chi connectivity index (χ0n) is 11.1. The van der Waals surface area contributed by atoms with Crippen LogP contribution in [-0.4, -0.2) is 19.5 Å². The Morgan fingerprint density at radius 2 is 1.53 bits per heavy atom. The lowest BCUT2D eigenvalue weighted by atomic mass is 10.1. The van der Waals surface area contributed by atoms with Gasteiger partial charge in [-0.25, -0.2) is 0 Å². The van der Waals surface area contributed by atoms with Gasteiger partial charge in [0, 0.05) is 5.56 Å². The summed E-state index contributed by atoms with van der Waals surface area (Å²) in [6.45, 7) is 2.03. The summed E-state index contributed by atoms with van der Waals surface area (Å²) in [5.74, 6) is 1.38. The molecule has 19 heavy (non-hydrogen) atoms. The van der Waals surface area contributed by atoms with Crippen molar-refractivity contribution < 1.29 is 14.3 Å². The molecule has 0 aliphatic rings. The number of hydrogen-bond donors (Lipinski definition) is 0. The zero-order valence-corrected chi connectivity index (χ0v) is 11.1. The predicted octanol–water partition coefficient (Wildman–Crippen LogP) is 3.27. The van der Waals surface area contributed by atoms with E-state index in [0.29, 0.717) is 11.3 Å². The lowest BCUT2D eigenvalue weighted by Gasteiger charge is -2.06. The van der Waals surface area contributed by atoms with Gasteiger partial charge in [-0.1, -0.05) is 29.8 Å². The molecule has 0 spiro atoms. The summed E-state index contributed by atoms with van der Waals surface area (Å²) in [6.07, 6.45) is 0. The van der Waals surface area contributed by atoms with E-state index < -0.39 is 0 Å². The average Bonchev–Trinajstić information content (AvgIpc) is 2.46. The normalized spacial score (nSPS) is 10.0. The molecule has 3 heteroatoms. The molecule has 0 amide bonds. The van der Waals surface area contributed by atoms with E-state index >= 15 is 0 Å². The van der Waals surface area contributed by atoms with Crippen molar-refractivity contribution in [1.29, 1.82) is 0 Å². The third-order valence-corrected chi connectivity index (χ3v) is 2.80. The first-order chi connectivity index (χ1) is 9.19. The third kappa shape index (κ3) is 3.58. The Balaban J connectivity index is 1.94. The first-order valence-corrected chi connectivity index (χ1v) is 6.06. The van der Waals surface area contributed by atoms with Crippen molar-refractivity contribution in [2.45, 2.75) is 6.92 Å². The Hall–Kier alpha value is -2.29. The number of rotatable bonds is 5. The second-order valence-corrected chi connectivity index (χ2v) is 4.25. The summed E-state index contributed by atoms with van der Waals surface area (Å²) in [4.78, 5) is 11.9. The molecule has 2 aromatic rings. The largest absolute Gasteiger partial charge is 0.497 e. The predicted molar refractivity (Wildman–Crippen MR) is 74.0 cm³/mol. The summed E-state index contributed by atoms with van der Waals surface area (Å²) in [7, 11) is 1.61. The van der Waals surface area contributed by atoms with E-state index in [2.05, 4.69) is 0 Å². The molecule has 0 heterocycles. The maximum absolute atomic E-state index is 11.9. The standard InChI is InChI=1S/C16H16O3/c1-12-3-5-13(6-4-12)16(17)11-19-15-9-7-14(18-2)8-10-15/h3-10H,11H2,1-2H3. The first-order valence-electron chi connectivity index (χ1n) is 6.06. The first kappa shape index (κ1) is 13.1. The van der Waals surface area contributed by atoms with Crippen LogP contribution in [0.3, 0.4) is 0 Å². The van der Waals surface area contributed by atoms with Crippen LogP contribution < -0.4 is 9.47 Å². The molecule has 0 aromatic heterocycles. The van der Waals surface area contributed by atoms with Crippen molar-refractivity contribution in [2.75, 3.05) is 13.7 Å². The van der Waals surface area contributed by atoms with E-state index in [1.165, 1.54) is 0 Å². The van der Waals surface area contributed by atoms with Gasteiger partial charge in [-0.3, -0.25) is 4.79 Å². The fourth-order valence-electron chi connectivity index (χ4n) is 1.64. The van der Waals surface area contributed by atoms with E-state index in [-0.39, 0.29) is 12.4 Å². The lowest BCUT2D eigenvalue weighted by Crippen LogP contribution is -2.11. The van der Waals surface area contributed by atoms with Crippen LogP contribution in [0.2, 0.25) is 0 Å². The highest BCUT2D eigenvalue weighted by molar-refractivity contribution is 5.97. The summed E-state index contributed by atoms with van der Waals surface area (Å²) in [5, 5.41) is 0. The van der Waals surface area contributed by atoms with Crippen LogP contribution in [0, 0.1) is 6.92 Å². The zero-order chi connectivity index (χ0) is 13.7. The minimum Gasteiger partial charge on any atom is -0.497 e. The van der Waals surface area contributed by atoms with Crippen LogP contribution in [0.15, 0.2) is 48.5 Å². The van der Waals surface area contributed by atoms with Crippen LogP contribution in [0.1, 0.15) is 15.9 Å². The molecule has 2 aromatic carbocycles. The molecule has 0 saturated carbocycles. The quantitative estimate of drug-likeness (QED) is 0.770. The molecule has 0 aliphatic carbocycles. The van der Waals surface area contributed by atoms with Crippen molar-refractivity contribution in [2.24, 2.45) is 0 Å². The van der Waals surface area contributed by atoms with E-state index in [1.807, 2.05) is 31.2 Å². The van der Waals surface area contributed by atoms with E-state index in [9.17, 15) is 4.79 Å². The number of ether oxygens (including phenoxy) is 2. The lowest BCUT2D eigenvalue weighted by molar-refractivity contribution is 0.0921. The topological polar surface area (TPSA) is 35.5 Å². The molecular formula is C16H16O3. The Bertz CT molecular complexity index is 541. The highest BCUT2D eigenvalue weighted by Crippen LogP contribution is 2.17. The maximum atomic E-state index is 11.9. The number of carbonyl (C=O) groups is 1. The third-order valence-electron chi connectivity index (χ3n) is 2.80. The minimum atomic E-state index is -0.0316. The highest BCUT2D eigenvalue weighted by atomic mass is 16.5. The van der Waals surface area contributed by atoms with Gasteiger partial charge in [0.05, 0.1) is 7.11 Å². The molecule has 0 fully saturated rings. The van der Waals surface area contributed by atoms with Crippen molar-refractivity contribution in [3.63, 3.8) is 0 Å². The Morgan fingerprint density at radius 1 is 0.947 bits per heavy atom. The van der Waals surface area contributed by atoms with E-state index in [4.69, 9.17) is 9.47 Å². The molecule has 0 N–H and O–H groups in total. The van der Waals surface area contributed by atoms with Crippen LogP contribution in [-0.2, 0) is 0 Å². The summed E-state index contributed by atoms with van der Waals surface area (Å²) in [5.41, 5.74) is 1.80. The molecule has 98 valence electrons. The van der Waals surface area contributed by atoms with Gasteiger partial charge in [0.2, 0.25) is 0 Å². The Kier molecular flexibility index (Phi) is 4.18. The summed E-state index contributed by atoms with van der Waals surface area (Å²) in [6, 6.07) is 14.6. The van der Waals surface area contributed by atoms with Gasteiger partial charge < -0.3 is 9.47 Å². The number of aryl methyl sites for hydroxylation is 1. The second-order valence-electron chi connectivity index (χ2n) is 4.25. The number of Topliss-reactive ketones (excluding diaryl/α,β-unsaturated/α-hetero) is 1. The number of benzene rings is 2. The van der Waals surface area contributed by atoms with Gasteiger partial charge in [-0.05, 0) is 31.2 Å². The van der Waals surface area contributed by atoms with Crippen LogP contribution in [0.4, 0.5) is 0 Å². The van der Waals surface area contributed by atoms with Gasteiger partial charge >= 0.3 is 0 Å². The second kappa shape index (κ2) is 6.05. The summed E-state index contributed by atoms with van der Waals surface area (Å²) >= 11 is 0. The van der Waals surface area contributed by atoms with Crippen molar-refractivity contribution in [1.82, 2.24) is 0 Å². The Labute approximate surface area is 112 Å². The monoisotopic (exact) mass is 256 g/mol. The molecule has 2 rings (SSSR count). The molecule has 0 bridgehead atoms. The van der Waals surface area contributed by atoms with E-state index in [0.717, 1.165) is 11.3 Å².